The number of hydrogen-bond donors (Lipinski definition) is 1. The second-order valence-electron chi connectivity index (χ2n) is 6.59. The van der Waals surface area contributed by atoms with Crippen molar-refractivity contribution in [2.75, 3.05) is 11.9 Å². The summed E-state index contributed by atoms with van der Waals surface area (Å²) in [5.41, 5.74) is 2.93. The van der Waals surface area contributed by atoms with Crippen LogP contribution in [0.25, 0.3) is 0 Å². The van der Waals surface area contributed by atoms with E-state index in [4.69, 9.17) is 9.31 Å². The highest BCUT2D eigenvalue weighted by atomic mass is 16.7. The molecule has 1 heterocycles. The number of rotatable bonds is 4. The molecule has 2 rings (SSSR count). The standard InChI is InChI=1S/C16H26BNO2/c1-7-10-18-14-9-8-13(11-12(14)2)17-19-15(3,4)16(5,6)20-17/h8-9,11,18H,7,10H2,1-6H3. The van der Waals surface area contributed by atoms with Gasteiger partial charge in [0.25, 0.3) is 0 Å². The fraction of sp³-hybridized carbons (Fsp3) is 0.625. The van der Waals surface area contributed by atoms with Crippen molar-refractivity contribution in [1.82, 2.24) is 0 Å². The second-order valence-corrected chi connectivity index (χ2v) is 6.59. The van der Waals surface area contributed by atoms with Crippen LogP contribution in [-0.4, -0.2) is 24.9 Å². The van der Waals surface area contributed by atoms with Gasteiger partial charge in [0.05, 0.1) is 11.2 Å². The maximum Gasteiger partial charge on any atom is 0.494 e. The fourth-order valence-corrected chi connectivity index (χ4v) is 2.27. The van der Waals surface area contributed by atoms with Crippen molar-refractivity contribution in [2.24, 2.45) is 0 Å². The lowest BCUT2D eigenvalue weighted by Crippen LogP contribution is -2.41. The molecule has 0 unspecified atom stereocenters. The van der Waals surface area contributed by atoms with Gasteiger partial charge in [-0.05, 0) is 58.1 Å². The summed E-state index contributed by atoms with van der Waals surface area (Å²) in [6.07, 6.45) is 1.12. The first-order valence-corrected chi connectivity index (χ1v) is 7.47. The number of nitrogens with one attached hydrogen (secondary N) is 1. The van der Waals surface area contributed by atoms with Crippen molar-refractivity contribution in [3.63, 3.8) is 0 Å². The Balaban J connectivity index is 2.17. The zero-order valence-electron chi connectivity index (χ0n) is 13.5. The van der Waals surface area contributed by atoms with Crippen molar-refractivity contribution in [3.8, 4) is 0 Å². The van der Waals surface area contributed by atoms with E-state index in [2.05, 4.69) is 65.1 Å². The first-order valence-electron chi connectivity index (χ1n) is 7.47. The molecule has 20 heavy (non-hydrogen) atoms. The van der Waals surface area contributed by atoms with Gasteiger partial charge < -0.3 is 14.6 Å². The van der Waals surface area contributed by atoms with E-state index in [1.54, 1.807) is 0 Å². The molecular formula is C16H26BNO2. The predicted octanol–water partition coefficient (Wildman–Crippen LogP) is 3.12. The largest absolute Gasteiger partial charge is 0.494 e. The van der Waals surface area contributed by atoms with Gasteiger partial charge in [-0.15, -0.1) is 0 Å². The second kappa shape index (κ2) is 5.42. The molecule has 0 spiro atoms. The van der Waals surface area contributed by atoms with Gasteiger partial charge in [0.15, 0.2) is 0 Å². The predicted molar refractivity (Wildman–Crippen MR) is 85.7 cm³/mol. The molecule has 1 fully saturated rings. The van der Waals surface area contributed by atoms with Crippen LogP contribution in [0.5, 0.6) is 0 Å². The Morgan fingerprint density at radius 3 is 2.20 bits per heavy atom. The number of anilines is 1. The summed E-state index contributed by atoms with van der Waals surface area (Å²) in [7, 11) is -0.279. The van der Waals surface area contributed by atoms with Crippen LogP contribution < -0.4 is 10.8 Å². The molecular weight excluding hydrogens is 249 g/mol. The van der Waals surface area contributed by atoms with E-state index in [1.165, 1.54) is 11.3 Å². The molecule has 0 bridgehead atoms. The van der Waals surface area contributed by atoms with E-state index in [0.717, 1.165) is 18.4 Å². The lowest BCUT2D eigenvalue weighted by Gasteiger charge is -2.32. The van der Waals surface area contributed by atoms with Crippen LogP contribution >= 0.6 is 0 Å². The van der Waals surface area contributed by atoms with Crippen molar-refractivity contribution in [1.29, 1.82) is 0 Å². The van der Waals surface area contributed by atoms with Crippen LogP contribution in [0.4, 0.5) is 5.69 Å². The topological polar surface area (TPSA) is 30.5 Å². The summed E-state index contributed by atoms with van der Waals surface area (Å²) in [6.45, 7) is 13.6. The molecule has 1 aromatic rings. The SMILES string of the molecule is CCCNc1ccc(B2OC(C)(C)C(C)(C)O2)cc1C. The minimum atomic E-state index is -0.287. The molecule has 1 aliphatic heterocycles. The molecule has 0 aromatic heterocycles. The summed E-state index contributed by atoms with van der Waals surface area (Å²) in [6, 6.07) is 6.36. The maximum atomic E-state index is 6.08. The van der Waals surface area contributed by atoms with E-state index < -0.39 is 0 Å². The number of benzene rings is 1. The van der Waals surface area contributed by atoms with Crippen molar-refractivity contribution in [2.45, 2.75) is 59.2 Å². The Bertz CT molecular complexity index is 469. The van der Waals surface area contributed by atoms with E-state index in [1.807, 2.05) is 0 Å². The van der Waals surface area contributed by atoms with E-state index in [9.17, 15) is 0 Å². The van der Waals surface area contributed by atoms with Crippen LogP contribution in [-0.2, 0) is 9.31 Å². The highest BCUT2D eigenvalue weighted by Gasteiger charge is 2.51. The summed E-state index contributed by atoms with van der Waals surface area (Å²) < 4.78 is 12.2. The Labute approximate surface area is 123 Å². The van der Waals surface area contributed by atoms with Gasteiger partial charge in [-0.3, -0.25) is 0 Å². The summed E-state index contributed by atoms with van der Waals surface area (Å²) in [5.74, 6) is 0. The summed E-state index contributed by atoms with van der Waals surface area (Å²) in [4.78, 5) is 0. The third-order valence-corrected chi connectivity index (χ3v) is 4.34. The van der Waals surface area contributed by atoms with Gasteiger partial charge >= 0.3 is 7.12 Å². The Hall–Kier alpha value is -0.995. The number of aryl methyl sites for hydroxylation is 1. The third-order valence-electron chi connectivity index (χ3n) is 4.34. The molecule has 0 radical (unpaired) electrons. The van der Waals surface area contributed by atoms with Gasteiger partial charge in [-0.2, -0.15) is 0 Å². The Morgan fingerprint density at radius 2 is 1.70 bits per heavy atom. The van der Waals surface area contributed by atoms with E-state index in [-0.39, 0.29) is 18.3 Å². The molecule has 4 heteroatoms. The minimum absolute atomic E-state index is 0.279. The van der Waals surface area contributed by atoms with Gasteiger partial charge in [-0.25, -0.2) is 0 Å². The fourth-order valence-electron chi connectivity index (χ4n) is 2.27. The third kappa shape index (κ3) is 2.86. The van der Waals surface area contributed by atoms with Crippen LogP contribution in [0.1, 0.15) is 46.6 Å². The number of hydrogen-bond acceptors (Lipinski definition) is 3. The molecule has 0 atom stereocenters. The molecule has 1 N–H and O–H groups in total. The molecule has 1 aromatic carbocycles. The van der Waals surface area contributed by atoms with Crippen molar-refractivity contribution < 1.29 is 9.31 Å². The quantitative estimate of drug-likeness (QED) is 0.856. The summed E-state index contributed by atoms with van der Waals surface area (Å²) >= 11 is 0. The van der Waals surface area contributed by atoms with Gasteiger partial charge in [0.2, 0.25) is 0 Å². The zero-order valence-corrected chi connectivity index (χ0v) is 13.5. The maximum absolute atomic E-state index is 6.08. The van der Waals surface area contributed by atoms with Crippen molar-refractivity contribution in [3.05, 3.63) is 23.8 Å². The average Bonchev–Trinajstić information content (AvgIpc) is 2.57. The van der Waals surface area contributed by atoms with E-state index >= 15 is 0 Å². The van der Waals surface area contributed by atoms with Gasteiger partial charge in [0, 0.05) is 12.2 Å². The Kier molecular flexibility index (Phi) is 4.17. The molecule has 1 saturated heterocycles. The molecule has 0 saturated carbocycles. The first-order chi connectivity index (χ1) is 9.27. The van der Waals surface area contributed by atoms with Crippen LogP contribution in [0.3, 0.4) is 0 Å². The van der Waals surface area contributed by atoms with Crippen LogP contribution in [0.2, 0.25) is 0 Å². The monoisotopic (exact) mass is 275 g/mol. The van der Waals surface area contributed by atoms with E-state index in [0.29, 0.717) is 0 Å². The minimum Gasteiger partial charge on any atom is -0.399 e. The van der Waals surface area contributed by atoms with Gasteiger partial charge in [-0.1, -0.05) is 19.1 Å². The van der Waals surface area contributed by atoms with Crippen LogP contribution in [0, 0.1) is 6.92 Å². The lowest BCUT2D eigenvalue weighted by atomic mass is 9.78. The smallest absolute Gasteiger partial charge is 0.399 e. The Morgan fingerprint density at radius 1 is 1.10 bits per heavy atom. The zero-order chi connectivity index (χ0) is 15.0. The van der Waals surface area contributed by atoms with Crippen LogP contribution in [0.15, 0.2) is 18.2 Å². The molecule has 0 amide bonds. The van der Waals surface area contributed by atoms with Crippen molar-refractivity contribution >= 4 is 18.3 Å². The molecule has 0 aliphatic carbocycles. The highest BCUT2D eigenvalue weighted by molar-refractivity contribution is 6.62. The lowest BCUT2D eigenvalue weighted by molar-refractivity contribution is 0.00578. The molecule has 3 nitrogen and oxygen atoms in total. The average molecular weight is 275 g/mol. The molecule has 110 valence electrons. The highest BCUT2D eigenvalue weighted by Crippen LogP contribution is 2.36. The first kappa shape index (κ1) is 15.4. The normalized spacial score (nSPS) is 20.2. The summed E-state index contributed by atoms with van der Waals surface area (Å²) in [5, 5.41) is 3.43. The molecule has 1 aliphatic rings. The van der Waals surface area contributed by atoms with Gasteiger partial charge in [0.1, 0.15) is 0 Å².